The van der Waals surface area contributed by atoms with Crippen LogP contribution in [-0.4, -0.2) is 36.3 Å². The summed E-state index contributed by atoms with van der Waals surface area (Å²) in [4.78, 5) is 41.1. The van der Waals surface area contributed by atoms with Gasteiger partial charge < -0.3 is 19.2 Å². The van der Waals surface area contributed by atoms with Gasteiger partial charge in [-0.25, -0.2) is 0 Å². The second-order valence-corrected chi connectivity index (χ2v) is 12.8. The standard InChI is InChI=1S/C14H16O2Si.C12H12O2Si/c1-11-5-3-7-13(9-11)17(15,16)14-8-4-6-12(2)10-14;13-15(14,11-7-3-1-4-8-11)12-9-5-2-6-10-12/h3-10,15-16H,1-2H3;1-10,13-14H. The van der Waals surface area contributed by atoms with Gasteiger partial charge in [-0.3, -0.25) is 0 Å². The van der Waals surface area contributed by atoms with Crippen molar-refractivity contribution in [3.8, 4) is 0 Å². The molecule has 0 atom stereocenters. The molecule has 0 saturated carbocycles. The van der Waals surface area contributed by atoms with Crippen molar-refractivity contribution in [3.63, 3.8) is 0 Å². The predicted octanol–water partition coefficient (Wildman–Crippen LogP) is 1.07. The van der Waals surface area contributed by atoms with Crippen molar-refractivity contribution < 1.29 is 19.2 Å². The fraction of sp³-hybridized carbons (Fsp3) is 0.0769. The lowest BCUT2D eigenvalue weighted by Crippen LogP contribution is -2.59. The van der Waals surface area contributed by atoms with Crippen molar-refractivity contribution in [1.29, 1.82) is 0 Å². The van der Waals surface area contributed by atoms with E-state index < -0.39 is 17.1 Å². The van der Waals surface area contributed by atoms with Gasteiger partial charge in [0.1, 0.15) is 0 Å². The van der Waals surface area contributed by atoms with Crippen molar-refractivity contribution >= 4 is 37.9 Å². The molecule has 32 heavy (non-hydrogen) atoms. The molecule has 4 nitrogen and oxygen atoms in total. The smallest absolute Gasteiger partial charge is 0.401 e. The second kappa shape index (κ2) is 10.2. The van der Waals surface area contributed by atoms with Crippen molar-refractivity contribution in [1.82, 2.24) is 0 Å². The highest BCUT2D eigenvalue weighted by molar-refractivity contribution is 6.90. The second-order valence-electron chi connectivity index (χ2n) is 7.82. The van der Waals surface area contributed by atoms with Crippen LogP contribution < -0.4 is 20.7 Å². The van der Waals surface area contributed by atoms with E-state index in [4.69, 9.17) is 0 Å². The summed E-state index contributed by atoms with van der Waals surface area (Å²) in [5.41, 5.74) is 2.07. The molecule has 4 aromatic carbocycles. The summed E-state index contributed by atoms with van der Waals surface area (Å²) in [5.74, 6) is 0. The minimum absolute atomic E-state index is 0.608. The maximum absolute atomic E-state index is 10.4. The van der Waals surface area contributed by atoms with Gasteiger partial charge in [0.05, 0.1) is 0 Å². The van der Waals surface area contributed by atoms with E-state index in [0.29, 0.717) is 20.7 Å². The average Bonchev–Trinajstić information content (AvgIpc) is 2.81. The van der Waals surface area contributed by atoms with Crippen LogP contribution in [0.25, 0.3) is 0 Å². The van der Waals surface area contributed by atoms with E-state index in [2.05, 4.69) is 0 Å². The van der Waals surface area contributed by atoms with Crippen molar-refractivity contribution in [2.75, 3.05) is 0 Å². The molecule has 0 aliphatic rings. The van der Waals surface area contributed by atoms with Crippen LogP contribution in [0.5, 0.6) is 0 Å². The van der Waals surface area contributed by atoms with E-state index in [-0.39, 0.29) is 0 Å². The van der Waals surface area contributed by atoms with E-state index in [1.807, 2.05) is 86.6 Å². The molecule has 0 spiro atoms. The maximum atomic E-state index is 10.4. The highest BCUT2D eigenvalue weighted by Crippen LogP contribution is 2.03. The zero-order chi connectivity index (χ0) is 23.2. The molecule has 0 unspecified atom stereocenters. The lowest BCUT2D eigenvalue weighted by atomic mass is 10.2. The van der Waals surface area contributed by atoms with Crippen LogP contribution in [0.2, 0.25) is 0 Å². The number of hydrogen-bond donors (Lipinski definition) is 4. The topological polar surface area (TPSA) is 80.9 Å². The van der Waals surface area contributed by atoms with Gasteiger partial charge in [0.25, 0.3) is 0 Å². The lowest BCUT2D eigenvalue weighted by Gasteiger charge is -2.19. The summed E-state index contributed by atoms with van der Waals surface area (Å²) in [7, 11) is -6.97. The number of aryl methyl sites for hydroxylation is 2. The first-order valence-electron chi connectivity index (χ1n) is 10.4. The van der Waals surface area contributed by atoms with Gasteiger partial charge in [0.15, 0.2) is 0 Å². The Labute approximate surface area is 191 Å². The number of hydrogen-bond acceptors (Lipinski definition) is 4. The normalized spacial score (nSPS) is 11.4. The molecule has 0 radical (unpaired) electrons. The summed E-state index contributed by atoms with van der Waals surface area (Å²) in [6.07, 6.45) is 0. The molecule has 0 heterocycles. The minimum Gasteiger partial charge on any atom is -0.404 e. The SMILES string of the molecule is Cc1cccc([Si](O)(O)c2cccc(C)c2)c1.O[Si](O)(c1ccccc1)c1ccccc1. The fourth-order valence-corrected chi connectivity index (χ4v) is 6.89. The molecule has 6 heteroatoms. The maximum Gasteiger partial charge on any atom is 0.401 e. The third kappa shape index (κ3) is 5.69. The summed E-state index contributed by atoms with van der Waals surface area (Å²) < 4.78 is 0. The first-order valence-corrected chi connectivity index (χ1v) is 14.1. The van der Waals surface area contributed by atoms with Crippen molar-refractivity contribution in [3.05, 3.63) is 120 Å². The predicted molar refractivity (Wildman–Crippen MR) is 134 cm³/mol. The molecule has 4 N–H and O–H groups in total. The highest BCUT2D eigenvalue weighted by atomic mass is 28.4. The Bertz CT molecular complexity index is 1060. The monoisotopic (exact) mass is 460 g/mol. The summed E-state index contributed by atoms with van der Waals surface area (Å²) in [5, 5.41) is 2.47. The average molecular weight is 461 g/mol. The largest absolute Gasteiger partial charge is 0.404 e. The van der Waals surface area contributed by atoms with Crippen LogP contribution in [0.4, 0.5) is 0 Å². The first kappa shape index (κ1) is 23.8. The molecule has 4 aromatic rings. The molecule has 0 aliphatic heterocycles. The van der Waals surface area contributed by atoms with Crippen LogP contribution in [-0.2, 0) is 0 Å². The summed E-state index contributed by atoms with van der Waals surface area (Å²) in [6, 6.07) is 32.8. The van der Waals surface area contributed by atoms with E-state index in [9.17, 15) is 19.2 Å². The van der Waals surface area contributed by atoms with E-state index in [1.165, 1.54) is 0 Å². The van der Waals surface area contributed by atoms with Gasteiger partial charge in [-0.1, -0.05) is 120 Å². The molecule has 4 rings (SSSR count). The zero-order valence-corrected chi connectivity index (χ0v) is 20.2. The quantitative estimate of drug-likeness (QED) is 0.344. The van der Waals surface area contributed by atoms with Crippen LogP contribution in [0.15, 0.2) is 109 Å². The van der Waals surface area contributed by atoms with Crippen molar-refractivity contribution in [2.45, 2.75) is 13.8 Å². The molecule has 164 valence electrons. The van der Waals surface area contributed by atoms with Gasteiger partial charge in [-0.15, -0.1) is 0 Å². The Morgan fingerprint density at radius 2 is 0.719 bits per heavy atom. The molecule has 0 aliphatic carbocycles. The highest BCUT2D eigenvalue weighted by Gasteiger charge is 2.35. The molecule has 0 amide bonds. The zero-order valence-electron chi connectivity index (χ0n) is 18.2. The van der Waals surface area contributed by atoms with Gasteiger partial charge in [-0.05, 0) is 34.6 Å². The Hall–Kier alpha value is -2.85. The fourth-order valence-electron chi connectivity index (χ4n) is 3.40. The molecule has 0 bridgehead atoms. The lowest BCUT2D eigenvalue weighted by molar-refractivity contribution is 0.400. The third-order valence-electron chi connectivity index (χ3n) is 5.19. The van der Waals surface area contributed by atoms with Crippen LogP contribution >= 0.6 is 0 Å². The van der Waals surface area contributed by atoms with Crippen LogP contribution in [0, 0.1) is 13.8 Å². The molecular formula is C26H28O4Si2. The number of benzene rings is 4. The van der Waals surface area contributed by atoms with Crippen LogP contribution in [0.1, 0.15) is 11.1 Å². The molecule has 0 saturated heterocycles. The van der Waals surface area contributed by atoms with Gasteiger partial charge in [-0.2, -0.15) is 0 Å². The van der Waals surface area contributed by atoms with Crippen molar-refractivity contribution in [2.24, 2.45) is 0 Å². The van der Waals surface area contributed by atoms with E-state index >= 15 is 0 Å². The first-order chi connectivity index (χ1) is 15.2. The molecule has 0 fully saturated rings. The minimum atomic E-state index is -3.52. The van der Waals surface area contributed by atoms with E-state index in [0.717, 1.165) is 11.1 Å². The number of rotatable bonds is 4. The van der Waals surface area contributed by atoms with Gasteiger partial charge >= 0.3 is 17.1 Å². The van der Waals surface area contributed by atoms with Gasteiger partial charge in [0.2, 0.25) is 0 Å². The Morgan fingerprint density at radius 1 is 0.406 bits per heavy atom. The Balaban J connectivity index is 0.000000182. The summed E-state index contributed by atoms with van der Waals surface area (Å²) in [6.45, 7) is 3.90. The Kier molecular flexibility index (Phi) is 7.58. The molecular weight excluding hydrogens is 432 g/mol. The summed E-state index contributed by atoms with van der Waals surface area (Å²) >= 11 is 0. The van der Waals surface area contributed by atoms with E-state index in [1.54, 1.807) is 36.4 Å². The van der Waals surface area contributed by atoms with Crippen LogP contribution in [0.3, 0.4) is 0 Å². The molecule has 0 aromatic heterocycles. The van der Waals surface area contributed by atoms with Gasteiger partial charge in [0, 0.05) is 0 Å². The third-order valence-corrected chi connectivity index (χ3v) is 9.70. The Morgan fingerprint density at radius 3 is 1.06 bits per heavy atom.